The van der Waals surface area contributed by atoms with Gasteiger partial charge in [0.2, 0.25) is 6.79 Å². The Bertz CT molecular complexity index is 806. The lowest BCUT2D eigenvalue weighted by molar-refractivity contribution is 0.0437. The molecule has 0 spiro atoms. The summed E-state index contributed by atoms with van der Waals surface area (Å²) in [4.78, 5) is 4.60. The van der Waals surface area contributed by atoms with Gasteiger partial charge in [-0.25, -0.2) is 4.39 Å². The fraction of sp³-hybridized carbons (Fsp3) is 0.429. The second kappa shape index (κ2) is 11.6. The summed E-state index contributed by atoms with van der Waals surface area (Å²) in [6.07, 6.45) is -0.653. The molecule has 1 unspecified atom stereocenters. The molecule has 2 aromatic carbocycles. The topological polar surface area (TPSA) is 54.4 Å². The van der Waals surface area contributed by atoms with E-state index < -0.39 is 11.9 Å². The molecule has 2 aliphatic rings. The average molecular weight is 461 g/mol. The number of para-hydroxylation sites is 1. The number of aliphatic hydroxyl groups excluding tert-OH is 1. The van der Waals surface area contributed by atoms with Crippen molar-refractivity contribution < 1.29 is 23.7 Å². The predicted molar refractivity (Wildman–Crippen MR) is 117 cm³/mol. The molecule has 2 aromatic rings. The van der Waals surface area contributed by atoms with Gasteiger partial charge in [-0.15, -0.1) is 24.8 Å². The Balaban J connectivity index is 0.00000160. The van der Waals surface area contributed by atoms with Gasteiger partial charge >= 0.3 is 0 Å². The SMILES string of the molecule is Cl.Cl.OC(COc1ccccc1F)CN1CCN(Cc2ccc3c(c2)OCO3)CC1. The summed E-state index contributed by atoms with van der Waals surface area (Å²) in [7, 11) is 0. The van der Waals surface area contributed by atoms with Crippen molar-refractivity contribution >= 4 is 24.8 Å². The fourth-order valence-corrected chi connectivity index (χ4v) is 3.53. The van der Waals surface area contributed by atoms with Crippen molar-refractivity contribution in [1.82, 2.24) is 9.80 Å². The van der Waals surface area contributed by atoms with Crippen molar-refractivity contribution in [1.29, 1.82) is 0 Å². The number of halogens is 3. The first-order chi connectivity index (χ1) is 13.7. The second-order valence-corrected chi connectivity index (χ2v) is 7.16. The highest BCUT2D eigenvalue weighted by Crippen LogP contribution is 2.32. The third-order valence-electron chi connectivity index (χ3n) is 5.04. The van der Waals surface area contributed by atoms with Crippen molar-refractivity contribution in [2.24, 2.45) is 0 Å². The number of piperazine rings is 1. The van der Waals surface area contributed by atoms with Crippen molar-refractivity contribution in [2.75, 3.05) is 46.1 Å². The van der Waals surface area contributed by atoms with E-state index >= 15 is 0 Å². The highest BCUT2D eigenvalue weighted by atomic mass is 35.5. The lowest BCUT2D eigenvalue weighted by Crippen LogP contribution is -2.48. The standard InChI is InChI=1S/C21H25FN2O4.2ClH/c22-18-3-1-2-4-19(18)26-14-17(25)13-24-9-7-23(8-10-24)12-16-5-6-20-21(11-16)28-15-27-20;;/h1-6,11,17,25H,7-10,12-15H2;2*1H. The van der Waals surface area contributed by atoms with E-state index in [0.717, 1.165) is 44.2 Å². The number of rotatable bonds is 7. The van der Waals surface area contributed by atoms with E-state index in [-0.39, 0.29) is 37.2 Å². The molecule has 9 heteroatoms. The molecule has 0 saturated carbocycles. The van der Waals surface area contributed by atoms with Crippen LogP contribution >= 0.6 is 24.8 Å². The number of fused-ring (bicyclic) bond motifs is 1. The Morgan fingerprint density at radius 2 is 1.67 bits per heavy atom. The quantitative estimate of drug-likeness (QED) is 0.685. The molecule has 166 valence electrons. The highest BCUT2D eigenvalue weighted by molar-refractivity contribution is 5.85. The van der Waals surface area contributed by atoms with Crippen LogP contribution in [0.2, 0.25) is 0 Å². The molecule has 1 saturated heterocycles. The van der Waals surface area contributed by atoms with Gasteiger partial charge in [0, 0.05) is 39.3 Å². The van der Waals surface area contributed by atoms with Crippen LogP contribution in [0.4, 0.5) is 4.39 Å². The molecule has 6 nitrogen and oxygen atoms in total. The smallest absolute Gasteiger partial charge is 0.231 e. The monoisotopic (exact) mass is 460 g/mol. The van der Waals surface area contributed by atoms with Crippen LogP contribution in [0.5, 0.6) is 17.2 Å². The first-order valence-electron chi connectivity index (χ1n) is 9.56. The average Bonchev–Trinajstić information content (AvgIpc) is 3.17. The highest BCUT2D eigenvalue weighted by Gasteiger charge is 2.21. The molecule has 0 bridgehead atoms. The molecule has 0 amide bonds. The van der Waals surface area contributed by atoms with Crippen LogP contribution in [0.3, 0.4) is 0 Å². The van der Waals surface area contributed by atoms with Gasteiger partial charge in [-0.3, -0.25) is 9.80 Å². The minimum atomic E-state index is -0.653. The Labute approximate surface area is 188 Å². The number of nitrogens with zero attached hydrogens (tertiary/aromatic N) is 2. The number of ether oxygens (including phenoxy) is 3. The maximum absolute atomic E-state index is 13.6. The fourth-order valence-electron chi connectivity index (χ4n) is 3.53. The van der Waals surface area contributed by atoms with Crippen LogP contribution < -0.4 is 14.2 Å². The van der Waals surface area contributed by atoms with Crippen molar-refractivity contribution in [2.45, 2.75) is 12.6 Å². The Hall–Kier alpha value is -1.77. The van der Waals surface area contributed by atoms with Crippen LogP contribution in [0.1, 0.15) is 5.56 Å². The third-order valence-corrected chi connectivity index (χ3v) is 5.04. The Morgan fingerprint density at radius 1 is 0.967 bits per heavy atom. The second-order valence-electron chi connectivity index (χ2n) is 7.16. The first kappa shape index (κ1) is 24.5. The zero-order valence-corrected chi connectivity index (χ0v) is 18.2. The lowest BCUT2D eigenvalue weighted by atomic mass is 10.1. The van der Waals surface area contributed by atoms with Gasteiger partial charge < -0.3 is 19.3 Å². The van der Waals surface area contributed by atoms with Gasteiger partial charge in [-0.1, -0.05) is 18.2 Å². The maximum atomic E-state index is 13.6. The van der Waals surface area contributed by atoms with Crippen molar-refractivity contribution in [3.63, 3.8) is 0 Å². The summed E-state index contributed by atoms with van der Waals surface area (Å²) >= 11 is 0. The molecule has 2 heterocycles. The minimum absolute atomic E-state index is 0. The molecule has 1 N–H and O–H groups in total. The molecule has 1 atom stereocenters. The molecule has 1 fully saturated rings. The maximum Gasteiger partial charge on any atom is 0.231 e. The van der Waals surface area contributed by atoms with E-state index in [2.05, 4.69) is 15.9 Å². The summed E-state index contributed by atoms with van der Waals surface area (Å²) in [6, 6.07) is 12.3. The number of hydrogen-bond donors (Lipinski definition) is 1. The van der Waals surface area contributed by atoms with Crippen molar-refractivity contribution in [3.05, 3.63) is 53.8 Å². The Morgan fingerprint density at radius 3 is 2.43 bits per heavy atom. The Kier molecular flexibility index (Phi) is 9.45. The van der Waals surface area contributed by atoms with Crippen molar-refractivity contribution in [3.8, 4) is 17.2 Å². The largest absolute Gasteiger partial charge is 0.488 e. The van der Waals surface area contributed by atoms with Crippen LogP contribution in [0.25, 0.3) is 0 Å². The summed E-state index contributed by atoms with van der Waals surface area (Å²) in [6.45, 7) is 5.36. The van der Waals surface area contributed by atoms with Crippen LogP contribution in [0.15, 0.2) is 42.5 Å². The minimum Gasteiger partial charge on any atom is -0.488 e. The van der Waals surface area contributed by atoms with E-state index in [4.69, 9.17) is 14.2 Å². The molecule has 2 aliphatic heterocycles. The zero-order valence-electron chi connectivity index (χ0n) is 16.5. The predicted octanol–water partition coefficient (Wildman–Crippen LogP) is 2.96. The normalized spacial score (nSPS) is 17.0. The number of benzene rings is 2. The van der Waals surface area contributed by atoms with Crippen LogP contribution in [-0.4, -0.2) is 67.1 Å². The van der Waals surface area contributed by atoms with Gasteiger partial charge in [-0.2, -0.15) is 0 Å². The van der Waals surface area contributed by atoms with E-state index in [1.807, 2.05) is 12.1 Å². The molecular weight excluding hydrogens is 434 g/mol. The molecule has 30 heavy (non-hydrogen) atoms. The lowest BCUT2D eigenvalue weighted by Gasteiger charge is -2.35. The summed E-state index contributed by atoms with van der Waals surface area (Å²) < 4.78 is 29.7. The summed E-state index contributed by atoms with van der Waals surface area (Å²) in [5, 5.41) is 10.2. The molecule has 0 aliphatic carbocycles. The van der Waals surface area contributed by atoms with Gasteiger partial charge in [0.05, 0.1) is 0 Å². The van der Waals surface area contributed by atoms with Crippen LogP contribution in [0, 0.1) is 5.82 Å². The van der Waals surface area contributed by atoms with Gasteiger partial charge in [0.1, 0.15) is 12.7 Å². The number of hydrogen-bond acceptors (Lipinski definition) is 6. The molecular formula is C21H27Cl2FN2O4. The van der Waals surface area contributed by atoms with Gasteiger partial charge in [-0.05, 0) is 29.8 Å². The first-order valence-corrected chi connectivity index (χ1v) is 9.56. The summed E-state index contributed by atoms with van der Waals surface area (Å²) in [5.41, 5.74) is 1.20. The van der Waals surface area contributed by atoms with Crippen LogP contribution in [-0.2, 0) is 6.54 Å². The van der Waals surface area contributed by atoms with E-state index in [0.29, 0.717) is 13.3 Å². The number of β-amino-alcohol motifs (C(OH)–C–C–N with tert-alkyl or cyclic N) is 1. The zero-order chi connectivity index (χ0) is 19.3. The number of aliphatic hydroxyl groups is 1. The molecule has 4 rings (SSSR count). The van der Waals surface area contributed by atoms with Gasteiger partial charge in [0.15, 0.2) is 23.1 Å². The van der Waals surface area contributed by atoms with E-state index in [9.17, 15) is 9.50 Å². The van der Waals surface area contributed by atoms with Gasteiger partial charge in [0.25, 0.3) is 0 Å². The molecule has 0 radical (unpaired) electrons. The molecule has 0 aromatic heterocycles. The summed E-state index contributed by atoms with van der Waals surface area (Å²) in [5.74, 6) is 1.39. The van der Waals surface area contributed by atoms with E-state index in [1.165, 1.54) is 11.6 Å². The third kappa shape index (κ3) is 6.36. The van der Waals surface area contributed by atoms with E-state index in [1.54, 1.807) is 18.2 Å².